The summed E-state index contributed by atoms with van der Waals surface area (Å²) in [7, 11) is -3.58. The number of thiazole rings is 1. The molecule has 3 heterocycles. The summed E-state index contributed by atoms with van der Waals surface area (Å²) >= 11 is 4.70. The fraction of sp³-hybridized carbons (Fsp3) is 0.348. The maximum absolute atomic E-state index is 12.6. The quantitative estimate of drug-likeness (QED) is 0.264. The number of benzene rings is 2. The molecule has 2 aromatic heterocycles. The summed E-state index contributed by atoms with van der Waals surface area (Å²) in [5, 5.41) is 4.47. The third-order valence-electron chi connectivity index (χ3n) is 5.64. The van der Waals surface area contributed by atoms with Crippen molar-refractivity contribution in [3.05, 3.63) is 47.3 Å². The van der Waals surface area contributed by atoms with Crippen molar-refractivity contribution in [3.8, 4) is 11.3 Å². The summed E-state index contributed by atoms with van der Waals surface area (Å²) in [6.07, 6.45) is 4.87. The van der Waals surface area contributed by atoms with E-state index in [4.69, 9.17) is 4.98 Å². The monoisotopic (exact) mass is 531 g/mol. The van der Waals surface area contributed by atoms with E-state index in [1.165, 1.54) is 15.3 Å². The summed E-state index contributed by atoms with van der Waals surface area (Å²) < 4.78 is 36.2. The van der Waals surface area contributed by atoms with Crippen LogP contribution < -0.4 is 10.0 Å². The number of aromatic nitrogens is 3. The van der Waals surface area contributed by atoms with Crippen LogP contribution in [0.3, 0.4) is 0 Å². The number of nitrogens with one attached hydrogen (secondary N) is 2. The molecule has 1 aliphatic heterocycles. The standard InChI is InChI=1S/C23H25N5O2S4/c29-34(30,20-11-7-9-17-22(20)28-33-27-17)25-14-6-2-1-5-13-24-23-26-21-16-8-3-4-10-18(16)31-15-12-19(21)32-23/h3-4,7-11,25H,1-2,5-6,12-15H2,(H,24,26). The maximum Gasteiger partial charge on any atom is 0.242 e. The minimum atomic E-state index is -3.58. The molecule has 0 fully saturated rings. The van der Waals surface area contributed by atoms with Crippen molar-refractivity contribution < 1.29 is 8.42 Å². The van der Waals surface area contributed by atoms with Gasteiger partial charge in [-0.3, -0.25) is 0 Å². The van der Waals surface area contributed by atoms with Crippen molar-refractivity contribution in [2.75, 3.05) is 24.2 Å². The van der Waals surface area contributed by atoms with E-state index in [2.05, 4.69) is 43.1 Å². The van der Waals surface area contributed by atoms with E-state index in [0.29, 0.717) is 17.6 Å². The predicted octanol–water partition coefficient (Wildman–Crippen LogP) is 5.41. The van der Waals surface area contributed by atoms with Crippen molar-refractivity contribution in [1.82, 2.24) is 18.5 Å². The number of nitrogens with zero attached hydrogens (tertiary/aromatic N) is 3. The summed E-state index contributed by atoms with van der Waals surface area (Å²) in [5.74, 6) is 1.09. The highest BCUT2D eigenvalue weighted by Gasteiger charge is 2.20. The van der Waals surface area contributed by atoms with Gasteiger partial charge in [-0.05, 0) is 37.5 Å². The second kappa shape index (κ2) is 10.7. The molecule has 0 saturated carbocycles. The minimum absolute atomic E-state index is 0.200. The van der Waals surface area contributed by atoms with Gasteiger partial charge in [0.2, 0.25) is 10.0 Å². The maximum atomic E-state index is 12.6. The lowest BCUT2D eigenvalue weighted by Gasteiger charge is -2.07. The Kier molecular flexibility index (Phi) is 7.45. The van der Waals surface area contributed by atoms with Gasteiger partial charge in [0.25, 0.3) is 0 Å². The minimum Gasteiger partial charge on any atom is -0.361 e. The van der Waals surface area contributed by atoms with Crippen LogP contribution in [-0.4, -0.2) is 41.0 Å². The smallest absolute Gasteiger partial charge is 0.242 e. The van der Waals surface area contributed by atoms with Crippen LogP contribution in [0.2, 0.25) is 0 Å². The van der Waals surface area contributed by atoms with Crippen LogP contribution in [0.15, 0.2) is 52.3 Å². The number of rotatable bonds is 10. The molecule has 2 N–H and O–H groups in total. The van der Waals surface area contributed by atoms with Crippen LogP contribution >= 0.6 is 34.8 Å². The number of anilines is 1. The molecule has 34 heavy (non-hydrogen) atoms. The zero-order valence-electron chi connectivity index (χ0n) is 18.5. The second-order valence-corrected chi connectivity index (χ2v) is 12.5. The van der Waals surface area contributed by atoms with Gasteiger partial charge in [-0.15, -0.1) is 23.1 Å². The van der Waals surface area contributed by atoms with Gasteiger partial charge >= 0.3 is 0 Å². The first-order valence-electron chi connectivity index (χ1n) is 11.3. The summed E-state index contributed by atoms with van der Waals surface area (Å²) in [6.45, 7) is 1.29. The highest BCUT2D eigenvalue weighted by Crippen LogP contribution is 2.40. The van der Waals surface area contributed by atoms with E-state index in [-0.39, 0.29) is 4.90 Å². The Balaban J connectivity index is 1.04. The number of unbranched alkanes of at least 4 members (excludes halogenated alkanes) is 3. The van der Waals surface area contributed by atoms with Crippen LogP contribution in [0.5, 0.6) is 0 Å². The first-order chi connectivity index (χ1) is 16.6. The molecular weight excluding hydrogens is 507 g/mol. The van der Waals surface area contributed by atoms with E-state index in [0.717, 1.165) is 67.0 Å². The van der Waals surface area contributed by atoms with Crippen molar-refractivity contribution in [2.24, 2.45) is 0 Å². The third-order valence-corrected chi connectivity index (χ3v) is 9.82. The molecule has 7 nitrogen and oxygen atoms in total. The lowest BCUT2D eigenvalue weighted by atomic mass is 10.1. The predicted molar refractivity (Wildman–Crippen MR) is 142 cm³/mol. The Hall–Kier alpha value is -2.05. The number of thioether (sulfide) groups is 1. The Morgan fingerprint density at radius 3 is 2.71 bits per heavy atom. The van der Waals surface area contributed by atoms with Crippen molar-refractivity contribution in [3.63, 3.8) is 0 Å². The van der Waals surface area contributed by atoms with Crippen LogP contribution in [0.4, 0.5) is 5.13 Å². The molecule has 11 heteroatoms. The van der Waals surface area contributed by atoms with Gasteiger partial charge in [0.15, 0.2) is 5.13 Å². The summed E-state index contributed by atoms with van der Waals surface area (Å²) in [6, 6.07) is 13.6. The fourth-order valence-corrected chi connectivity index (χ4v) is 7.92. The van der Waals surface area contributed by atoms with Gasteiger partial charge < -0.3 is 5.32 Å². The van der Waals surface area contributed by atoms with Crippen molar-refractivity contribution in [2.45, 2.75) is 41.9 Å². The molecule has 0 radical (unpaired) electrons. The van der Waals surface area contributed by atoms with E-state index < -0.39 is 10.0 Å². The first-order valence-corrected chi connectivity index (χ1v) is 15.3. The Morgan fingerprint density at radius 1 is 0.941 bits per heavy atom. The van der Waals surface area contributed by atoms with Crippen LogP contribution in [0, 0.1) is 0 Å². The average molecular weight is 532 g/mol. The zero-order chi connectivity index (χ0) is 23.4. The van der Waals surface area contributed by atoms with E-state index in [1.54, 1.807) is 29.5 Å². The second-order valence-electron chi connectivity index (χ2n) is 8.01. The van der Waals surface area contributed by atoms with E-state index in [9.17, 15) is 8.42 Å². The van der Waals surface area contributed by atoms with E-state index >= 15 is 0 Å². The largest absolute Gasteiger partial charge is 0.361 e. The molecule has 4 aromatic rings. The van der Waals surface area contributed by atoms with Gasteiger partial charge in [0, 0.05) is 34.2 Å². The molecule has 0 unspecified atom stereocenters. The van der Waals surface area contributed by atoms with E-state index in [1.807, 2.05) is 11.8 Å². The molecule has 178 valence electrons. The Morgan fingerprint density at radius 2 is 1.79 bits per heavy atom. The number of fused-ring (bicyclic) bond motifs is 4. The molecule has 0 saturated heterocycles. The van der Waals surface area contributed by atoms with Crippen LogP contribution in [-0.2, 0) is 16.4 Å². The molecule has 5 rings (SSSR count). The zero-order valence-corrected chi connectivity index (χ0v) is 21.8. The summed E-state index contributed by atoms with van der Waals surface area (Å²) in [5.41, 5.74) is 3.42. The van der Waals surface area contributed by atoms with Crippen molar-refractivity contribution in [1.29, 1.82) is 0 Å². The Labute approximate surface area is 211 Å². The lowest BCUT2D eigenvalue weighted by molar-refractivity contribution is 0.573. The first kappa shape index (κ1) is 23.7. The Bertz CT molecular complexity index is 1380. The fourth-order valence-electron chi connectivity index (χ4n) is 3.93. The SMILES string of the molecule is O=S(=O)(NCCCCCCNc1nc2c(s1)CCSc1ccccc1-2)c1cccc2nsnc12. The van der Waals surface area contributed by atoms with Crippen LogP contribution in [0.1, 0.15) is 30.6 Å². The number of hydrogen-bond acceptors (Lipinski definition) is 9. The average Bonchev–Trinajstić information content (AvgIpc) is 3.44. The molecule has 0 amide bonds. The number of hydrogen-bond donors (Lipinski definition) is 2. The molecule has 0 bridgehead atoms. The van der Waals surface area contributed by atoms with Gasteiger partial charge in [0.05, 0.1) is 17.4 Å². The lowest BCUT2D eigenvalue weighted by Crippen LogP contribution is -2.25. The molecule has 0 aliphatic carbocycles. The molecule has 0 spiro atoms. The third kappa shape index (κ3) is 5.28. The molecule has 2 aromatic carbocycles. The van der Waals surface area contributed by atoms with Gasteiger partial charge in [-0.2, -0.15) is 8.75 Å². The van der Waals surface area contributed by atoms with Gasteiger partial charge in [-0.25, -0.2) is 18.1 Å². The number of aryl methyl sites for hydroxylation is 1. The highest BCUT2D eigenvalue weighted by atomic mass is 32.2. The van der Waals surface area contributed by atoms with Crippen LogP contribution in [0.25, 0.3) is 22.3 Å². The van der Waals surface area contributed by atoms with Gasteiger partial charge in [-0.1, -0.05) is 37.1 Å². The number of sulfonamides is 1. The molecule has 0 atom stereocenters. The molecular formula is C23H25N5O2S4. The molecule has 1 aliphatic rings. The summed E-state index contributed by atoms with van der Waals surface area (Å²) in [4.78, 5) is 7.75. The normalized spacial score (nSPS) is 13.4. The topological polar surface area (TPSA) is 96.9 Å². The van der Waals surface area contributed by atoms with Gasteiger partial charge in [0.1, 0.15) is 15.9 Å². The highest BCUT2D eigenvalue weighted by molar-refractivity contribution is 7.99. The van der Waals surface area contributed by atoms with Crippen molar-refractivity contribution >= 4 is 61.0 Å².